The Morgan fingerprint density at radius 3 is 2.82 bits per heavy atom. The third kappa shape index (κ3) is 2.24. The summed E-state index contributed by atoms with van der Waals surface area (Å²) in [7, 11) is 2.02. The summed E-state index contributed by atoms with van der Waals surface area (Å²) in [5.41, 5.74) is 4.58. The molecule has 1 fully saturated rings. The minimum absolute atomic E-state index is 0.278. The van der Waals surface area contributed by atoms with Crippen LogP contribution in [-0.4, -0.2) is 20.1 Å². The summed E-state index contributed by atoms with van der Waals surface area (Å²) in [6, 6.07) is 6.89. The molecule has 0 radical (unpaired) electrons. The lowest BCUT2D eigenvalue weighted by Gasteiger charge is -2.31. The molecule has 0 amide bonds. The molecule has 2 N–H and O–H groups in total. The highest BCUT2D eigenvalue weighted by Gasteiger charge is 2.38. The molecule has 2 unspecified atom stereocenters. The summed E-state index contributed by atoms with van der Waals surface area (Å²) in [5, 5.41) is 6.81. The van der Waals surface area contributed by atoms with Gasteiger partial charge in [-0.3, -0.25) is 0 Å². The van der Waals surface area contributed by atoms with Gasteiger partial charge in [0.1, 0.15) is 0 Å². The Kier molecular flexibility index (Phi) is 3.55. The van der Waals surface area contributed by atoms with Crippen LogP contribution in [0.3, 0.4) is 0 Å². The first kappa shape index (κ1) is 12.6. The molecule has 0 saturated carbocycles. The van der Waals surface area contributed by atoms with E-state index in [-0.39, 0.29) is 5.41 Å². The van der Waals surface area contributed by atoms with Gasteiger partial charge < -0.3 is 10.6 Å². The average molecular weight is 232 g/mol. The van der Waals surface area contributed by atoms with Gasteiger partial charge in [-0.15, -0.1) is 0 Å². The van der Waals surface area contributed by atoms with Gasteiger partial charge in [-0.2, -0.15) is 0 Å². The van der Waals surface area contributed by atoms with Gasteiger partial charge in [-0.05, 0) is 37.6 Å². The fourth-order valence-electron chi connectivity index (χ4n) is 2.92. The van der Waals surface area contributed by atoms with Crippen molar-refractivity contribution in [1.29, 1.82) is 0 Å². The van der Waals surface area contributed by atoms with E-state index in [0.29, 0.717) is 5.92 Å². The van der Waals surface area contributed by atoms with E-state index in [4.69, 9.17) is 0 Å². The summed E-state index contributed by atoms with van der Waals surface area (Å²) in [4.78, 5) is 0. The van der Waals surface area contributed by atoms with E-state index in [1.807, 2.05) is 7.05 Å². The molecule has 1 aromatic carbocycles. The van der Waals surface area contributed by atoms with E-state index < -0.39 is 0 Å². The van der Waals surface area contributed by atoms with Crippen molar-refractivity contribution in [1.82, 2.24) is 10.6 Å². The predicted octanol–water partition coefficient (Wildman–Crippen LogP) is 2.21. The molecule has 1 aromatic rings. The average Bonchev–Trinajstić information content (AvgIpc) is 2.61. The van der Waals surface area contributed by atoms with Crippen LogP contribution in [0.1, 0.15) is 30.5 Å². The maximum atomic E-state index is 3.52. The van der Waals surface area contributed by atoms with Gasteiger partial charge in [0.15, 0.2) is 0 Å². The van der Waals surface area contributed by atoms with Gasteiger partial charge in [-0.1, -0.05) is 37.6 Å². The van der Waals surface area contributed by atoms with E-state index in [1.165, 1.54) is 16.7 Å². The quantitative estimate of drug-likeness (QED) is 0.835. The predicted molar refractivity (Wildman–Crippen MR) is 73.3 cm³/mol. The van der Waals surface area contributed by atoms with Crippen molar-refractivity contribution in [3.63, 3.8) is 0 Å². The Balaban J connectivity index is 2.43. The van der Waals surface area contributed by atoms with E-state index in [2.05, 4.69) is 49.6 Å². The molecule has 2 heteroatoms. The second kappa shape index (κ2) is 4.79. The molecule has 0 bridgehead atoms. The molecule has 1 aliphatic rings. The lowest BCUT2D eigenvalue weighted by atomic mass is 9.73. The Morgan fingerprint density at radius 1 is 1.47 bits per heavy atom. The van der Waals surface area contributed by atoms with Crippen molar-refractivity contribution in [2.45, 2.75) is 32.7 Å². The molecule has 0 spiro atoms. The largest absolute Gasteiger partial charge is 0.316 e. The lowest BCUT2D eigenvalue weighted by Crippen LogP contribution is -2.32. The van der Waals surface area contributed by atoms with Crippen molar-refractivity contribution in [2.75, 3.05) is 20.1 Å². The van der Waals surface area contributed by atoms with Crippen LogP contribution < -0.4 is 10.6 Å². The zero-order chi connectivity index (χ0) is 12.5. The van der Waals surface area contributed by atoms with Crippen molar-refractivity contribution < 1.29 is 0 Å². The van der Waals surface area contributed by atoms with Crippen LogP contribution in [0.2, 0.25) is 0 Å². The summed E-state index contributed by atoms with van der Waals surface area (Å²) >= 11 is 0. The zero-order valence-corrected chi connectivity index (χ0v) is 11.4. The Bertz CT molecular complexity index is 400. The van der Waals surface area contributed by atoms with Crippen LogP contribution in [0.4, 0.5) is 0 Å². The van der Waals surface area contributed by atoms with Crippen molar-refractivity contribution in [3.8, 4) is 0 Å². The summed E-state index contributed by atoms with van der Waals surface area (Å²) in [6.45, 7) is 10.1. The second-order valence-corrected chi connectivity index (χ2v) is 5.64. The molecular formula is C15H24N2. The number of rotatable bonds is 3. The van der Waals surface area contributed by atoms with Gasteiger partial charge >= 0.3 is 0 Å². The summed E-state index contributed by atoms with van der Waals surface area (Å²) in [5.74, 6) is 0.695. The smallest absolute Gasteiger partial charge is 0.0205 e. The van der Waals surface area contributed by atoms with Crippen LogP contribution >= 0.6 is 0 Å². The number of hydrogen-bond acceptors (Lipinski definition) is 2. The topological polar surface area (TPSA) is 24.1 Å². The molecule has 2 atom stereocenters. The second-order valence-electron chi connectivity index (χ2n) is 5.64. The lowest BCUT2D eigenvalue weighted by molar-refractivity contribution is 0.400. The first-order chi connectivity index (χ1) is 8.08. The molecule has 0 aliphatic carbocycles. The van der Waals surface area contributed by atoms with Gasteiger partial charge in [-0.25, -0.2) is 0 Å². The van der Waals surface area contributed by atoms with Crippen LogP contribution in [0.25, 0.3) is 0 Å². The zero-order valence-electron chi connectivity index (χ0n) is 11.4. The minimum atomic E-state index is 0.278. The number of aryl methyl sites for hydroxylation is 1. The Hall–Kier alpha value is -0.860. The van der Waals surface area contributed by atoms with E-state index in [1.54, 1.807) is 0 Å². The number of nitrogens with one attached hydrogen (secondary N) is 2. The fourth-order valence-corrected chi connectivity index (χ4v) is 2.92. The van der Waals surface area contributed by atoms with Crippen LogP contribution in [0, 0.1) is 12.8 Å². The highest BCUT2D eigenvalue weighted by molar-refractivity contribution is 5.38. The summed E-state index contributed by atoms with van der Waals surface area (Å²) < 4.78 is 0. The Morgan fingerprint density at radius 2 is 2.24 bits per heavy atom. The first-order valence-electron chi connectivity index (χ1n) is 6.53. The molecule has 1 aliphatic heterocycles. The highest BCUT2D eigenvalue weighted by atomic mass is 14.9. The van der Waals surface area contributed by atoms with Crippen LogP contribution in [0.5, 0.6) is 0 Å². The van der Waals surface area contributed by atoms with Gasteiger partial charge in [0.05, 0.1) is 0 Å². The molecule has 94 valence electrons. The molecule has 2 nitrogen and oxygen atoms in total. The monoisotopic (exact) mass is 232 g/mol. The molecular weight excluding hydrogens is 208 g/mol. The molecule has 17 heavy (non-hydrogen) atoms. The van der Waals surface area contributed by atoms with Crippen LogP contribution in [-0.2, 0) is 12.0 Å². The highest BCUT2D eigenvalue weighted by Crippen LogP contribution is 2.37. The fraction of sp³-hybridized carbons (Fsp3) is 0.600. The molecule has 0 aromatic heterocycles. The molecule has 2 rings (SSSR count). The minimum Gasteiger partial charge on any atom is -0.316 e. The number of benzene rings is 1. The van der Waals surface area contributed by atoms with Gasteiger partial charge in [0, 0.05) is 18.5 Å². The standard InChI is InChI=1S/C15H24N2/c1-11-5-6-14(13(7-11)9-16-4)15(3)10-17-8-12(15)2/h5-7,12,16-17H,8-10H2,1-4H3. The Labute approximate surface area is 105 Å². The van der Waals surface area contributed by atoms with Crippen LogP contribution in [0.15, 0.2) is 18.2 Å². The SMILES string of the molecule is CNCc1cc(C)ccc1C1(C)CNCC1C. The van der Waals surface area contributed by atoms with Crippen molar-refractivity contribution >= 4 is 0 Å². The maximum absolute atomic E-state index is 3.52. The van der Waals surface area contributed by atoms with E-state index in [9.17, 15) is 0 Å². The number of hydrogen-bond donors (Lipinski definition) is 2. The van der Waals surface area contributed by atoms with Gasteiger partial charge in [0.2, 0.25) is 0 Å². The maximum Gasteiger partial charge on any atom is 0.0205 e. The third-order valence-corrected chi connectivity index (χ3v) is 4.27. The summed E-state index contributed by atoms with van der Waals surface area (Å²) in [6.07, 6.45) is 0. The molecule has 1 saturated heterocycles. The molecule has 1 heterocycles. The first-order valence-corrected chi connectivity index (χ1v) is 6.53. The normalized spacial score (nSPS) is 28.6. The van der Waals surface area contributed by atoms with Gasteiger partial charge in [0.25, 0.3) is 0 Å². The van der Waals surface area contributed by atoms with E-state index in [0.717, 1.165) is 19.6 Å². The third-order valence-electron chi connectivity index (χ3n) is 4.27. The van der Waals surface area contributed by atoms with E-state index >= 15 is 0 Å². The van der Waals surface area contributed by atoms with Crippen molar-refractivity contribution in [2.24, 2.45) is 5.92 Å². The van der Waals surface area contributed by atoms with Crippen molar-refractivity contribution in [3.05, 3.63) is 34.9 Å².